The first-order valence-corrected chi connectivity index (χ1v) is 8.80. The van der Waals surface area contributed by atoms with Gasteiger partial charge in [0.1, 0.15) is 5.82 Å². The van der Waals surface area contributed by atoms with Crippen molar-refractivity contribution in [1.29, 1.82) is 0 Å². The van der Waals surface area contributed by atoms with Gasteiger partial charge in [-0.3, -0.25) is 14.7 Å². The summed E-state index contributed by atoms with van der Waals surface area (Å²) in [5.74, 6) is 0.431. The average molecular weight is 364 g/mol. The van der Waals surface area contributed by atoms with Crippen LogP contribution in [-0.2, 0) is 10.0 Å². The number of hydrogen-bond donors (Lipinski definition) is 1. The third-order valence-electron chi connectivity index (χ3n) is 3.29. The minimum absolute atomic E-state index is 0.197. The van der Waals surface area contributed by atoms with Gasteiger partial charge in [-0.05, 0) is 12.1 Å². The second-order valence-corrected chi connectivity index (χ2v) is 7.25. The van der Waals surface area contributed by atoms with Crippen LogP contribution in [0.2, 0.25) is 5.02 Å². The highest BCUT2D eigenvalue weighted by Crippen LogP contribution is 2.31. The molecule has 0 aliphatic carbocycles. The van der Waals surface area contributed by atoms with Gasteiger partial charge in [-0.15, -0.1) is 0 Å². The van der Waals surface area contributed by atoms with Gasteiger partial charge < -0.3 is 4.90 Å². The normalized spacial score (nSPS) is 11.5. The van der Waals surface area contributed by atoms with Crippen LogP contribution in [0.25, 0.3) is 10.9 Å². The van der Waals surface area contributed by atoms with E-state index < -0.39 is 10.0 Å². The average Bonchev–Trinajstić information content (AvgIpc) is 2.57. The molecule has 0 radical (unpaired) electrons. The Labute approximate surface area is 144 Å². The maximum atomic E-state index is 12.7. The SMILES string of the molecule is CN(C)c1cncc(S(=O)(=O)Nc2c(Cl)ccc3cccnc23)n1. The zero-order chi connectivity index (χ0) is 17.3. The van der Waals surface area contributed by atoms with Crippen molar-refractivity contribution in [3.05, 3.63) is 47.9 Å². The van der Waals surface area contributed by atoms with E-state index in [4.69, 9.17) is 11.6 Å². The summed E-state index contributed by atoms with van der Waals surface area (Å²) in [4.78, 5) is 13.9. The van der Waals surface area contributed by atoms with Crippen LogP contribution >= 0.6 is 11.6 Å². The molecule has 2 aromatic heterocycles. The third kappa shape index (κ3) is 3.10. The molecule has 7 nitrogen and oxygen atoms in total. The molecule has 1 N–H and O–H groups in total. The fourth-order valence-corrected chi connectivity index (χ4v) is 3.34. The number of rotatable bonds is 4. The van der Waals surface area contributed by atoms with Crippen LogP contribution in [0.3, 0.4) is 0 Å². The molecule has 2 heterocycles. The molecule has 0 atom stereocenters. The fraction of sp³-hybridized carbons (Fsp3) is 0.133. The maximum Gasteiger partial charge on any atom is 0.281 e. The van der Waals surface area contributed by atoms with Crippen molar-refractivity contribution in [3.63, 3.8) is 0 Å². The van der Waals surface area contributed by atoms with Crippen molar-refractivity contribution in [2.24, 2.45) is 0 Å². The molecule has 0 amide bonds. The topological polar surface area (TPSA) is 88.1 Å². The summed E-state index contributed by atoms with van der Waals surface area (Å²) in [7, 11) is -0.459. The molecule has 0 aliphatic rings. The van der Waals surface area contributed by atoms with Gasteiger partial charge in [-0.2, -0.15) is 8.42 Å². The number of sulfonamides is 1. The number of nitrogens with zero attached hydrogens (tertiary/aromatic N) is 4. The summed E-state index contributed by atoms with van der Waals surface area (Å²) >= 11 is 6.17. The van der Waals surface area contributed by atoms with Crippen molar-refractivity contribution < 1.29 is 8.42 Å². The number of benzene rings is 1. The largest absolute Gasteiger partial charge is 0.361 e. The molecule has 0 bridgehead atoms. The first kappa shape index (κ1) is 16.4. The van der Waals surface area contributed by atoms with Gasteiger partial charge in [0.15, 0.2) is 5.03 Å². The number of fused-ring (bicyclic) bond motifs is 1. The van der Waals surface area contributed by atoms with Crippen LogP contribution in [0.1, 0.15) is 0 Å². The predicted octanol–water partition coefficient (Wildman–Crippen LogP) is 2.55. The van der Waals surface area contributed by atoms with Crippen molar-refractivity contribution in [3.8, 4) is 0 Å². The third-order valence-corrected chi connectivity index (χ3v) is 4.83. The van der Waals surface area contributed by atoms with Crippen molar-refractivity contribution in [2.45, 2.75) is 5.03 Å². The molecule has 24 heavy (non-hydrogen) atoms. The molecular weight excluding hydrogens is 350 g/mol. The lowest BCUT2D eigenvalue weighted by Crippen LogP contribution is -2.18. The predicted molar refractivity (Wildman–Crippen MR) is 93.9 cm³/mol. The van der Waals surface area contributed by atoms with Gasteiger partial charge in [-0.25, -0.2) is 4.98 Å². The van der Waals surface area contributed by atoms with E-state index in [1.165, 1.54) is 12.4 Å². The van der Waals surface area contributed by atoms with E-state index in [9.17, 15) is 8.42 Å². The lowest BCUT2D eigenvalue weighted by molar-refractivity contribution is 0.597. The van der Waals surface area contributed by atoms with E-state index in [2.05, 4.69) is 19.7 Å². The first-order valence-electron chi connectivity index (χ1n) is 6.94. The van der Waals surface area contributed by atoms with Crippen molar-refractivity contribution >= 4 is 44.0 Å². The molecule has 0 saturated carbocycles. The molecule has 1 aromatic carbocycles. The number of aromatic nitrogens is 3. The zero-order valence-electron chi connectivity index (χ0n) is 12.9. The summed E-state index contributed by atoms with van der Waals surface area (Å²) in [5, 5.41) is 0.826. The van der Waals surface area contributed by atoms with E-state index in [1.54, 1.807) is 43.4 Å². The Bertz CT molecular complexity index is 1010. The monoisotopic (exact) mass is 363 g/mol. The molecule has 0 spiro atoms. The second-order valence-electron chi connectivity index (χ2n) is 5.21. The summed E-state index contributed by atoms with van der Waals surface area (Å²) in [5.41, 5.74) is 0.678. The minimum Gasteiger partial charge on any atom is -0.361 e. The number of halogens is 1. The molecule has 0 aliphatic heterocycles. The Morgan fingerprint density at radius 2 is 1.96 bits per heavy atom. The van der Waals surface area contributed by atoms with E-state index in [0.29, 0.717) is 11.3 Å². The van der Waals surface area contributed by atoms with Crippen LogP contribution in [0, 0.1) is 0 Å². The van der Waals surface area contributed by atoms with E-state index in [0.717, 1.165) is 5.39 Å². The van der Waals surface area contributed by atoms with Gasteiger partial charge in [0.2, 0.25) is 0 Å². The highest BCUT2D eigenvalue weighted by molar-refractivity contribution is 7.92. The van der Waals surface area contributed by atoms with E-state index >= 15 is 0 Å². The summed E-state index contributed by atoms with van der Waals surface area (Å²) in [6.45, 7) is 0. The lowest BCUT2D eigenvalue weighted by Gasteiger charge is -2.14. The maximum absolute atomic E-state index is 12.7. The van der Waals surface area contributed by atoms with Crippen molar-refractivity contribution in [2.75, 3.05) is 23.7 Å². The number of pyridine rings is 1. The first-order chi connectivity index (χ1) is 11.4. The zero-order valence-corrected chi connectivity index (χ0v) is 14.5. The van der Waals surface area contributed by atoms with E-state index in [-0.39, 0.29) is 15.7 Å². The van der Waals surface area contributed by atoms with Crippen LogP contribution in [0.4, 0.5) is 11.5 Å². The smallest absolute Gasteiger partial charge is 0.281 e. The van der Waals surface area contributed by atoms with E-state index in [1.807, 2.05) is 6.07 Å². The van der Waals surface area contributed by atoms with Crippen molar-refractivity contribution in [1.82, 2.24) is 15.0 Å². The molecule has 3 aromatic rings. The Morgan fingerprint density at radius 3 is 2.71 bits per heavy atom. The summed E-state index contributed by atoms with van der Waals surface area (Å²) in [6, 6.07) is 6.98. The fourth-order valence-electron chi connectivity index (χ4n) is 2.09. The molecule has 0 unspecified atom stereocenters. The Balaban J connectivity index is 2.08. The van der Waals surface area contributed by atoms with Crippen LogP contribution < -0.4 is 9.62 Å². The second kappa shape index (κ2) is 6.21. The standard InChI is InChI=1S/C15H14ClN5O2S/c1-21(2)12-8-17-9-13(19-12)24(22,23)20-15-11(16)6-5-10-4-3-7-18-14(10)15/h3-9,20H,1-2H3. The van der Waals surface area contributed by atoms with Gasteiger partial charge in [-0.1, -0.05) is 23.7 Å². The van der Waals surface area contributed by atoms with Crippen LogP contribution in [-0.4, -0.2) is 37.5 Å². The molecule has 3 rings (SSSR count). The van der Waals surface area contributed by atoms with Gasteiger partial charge in [0.05, 0.1) is 28.6 Å². The molecule has 9 heteroatoms. The molecule has 0 saturated heterocycles. The Kier molecular flexibility index (Phi) is 4.25. The van der Waals surface area contributed by atoms with Crippen LogP contribution in [0.15, 0.2) is 47.9 Å². The summed E-state index contributed by atoms with van der Waals surface area (Å²) < 4.78 is 27.8. The highest BCUT2D eigenvalue weighted by Gasteiger charge is 2.20. The quantitative estimate of drug-likeness (QED) is 0.766. The Hall–Kier alpha value is -2.45. The molecule has 0 fully saturated rings. The molecular formula is C15H14ClN5O2S. The number of nitrogens with one attached hydrogen (secondary N) is 1. The minimum atomic E-state index is -3.96. The molecule has 124 valence electrons. The lowest BCUT2D eigenvalue weighted by atomic mass is 10.2. The Morgan fingerprint density at radius 1 is 1.17 bits per heavy atom. The number of hydrogen-bond acceptors (Lipinski definition) is 6. The summed E-state index contributed by atoms with van der Waals surface area (Å²) in [6.07, 6.45) is 4.23. The number of anilines is 2. The van der Waals surface area contributed by atoms with Crippen LogP contribution in [0.5, 0.6) is 0 Å². The van der Waals surface area contributed by atoms with Gasteiger partial charge in [0, 0.05) is 25.7 Å². The van der Waals surface area contributed by atoms with Gasteiger partial charge in [0.25, 0.3) is 10.0 Å². The highest BCUT2D eigenvalue weighted by atomic mass is 35.5. The van der Waals surface area contributed by atoms with Gasteiger partial charge >= 0.3 is 0 Å².